The predicted molar refractivity (Wildman–Crippen MR) is 67.8 cm³/mol. The lowest BCUT2D eigenvalue weighted by molar-refractivity contribution is -0.114. The average molecular weight is 213 g/mol. The van der Waals surface area contributed by atoms with Gasteiger partial charge in [-0.25, -0.2) is 0 Å². The minimum absolute atomic E-state index is 0.0319. The van der Waals surface area contributed by atoms with E-state index in [0.717, 1.165) is 11.3 Å². The van der Waals surface area contributed by atoms with Crippen molar-refractivity contribution in [2.45, 2.75) is 20.8 Å². The number of carbonyl (C=O) groups excluding carboxylic acids is 1. The van der Waals surface area contributed by atoms with Gasteiger partial charge < -0.3 is 5.32 Å². The molecule has 2 nitrogen and oxygen atoms in total. The second-order valence-electron chi connectivity index (χ2n) is 3.07. The zero-order valence-corrected chi connectivity index (χ0v) is 9.79. The number of amides is 1. The van der Waals surface area contributed by atoms with E-state index < -0.39 is 0 Å². The topological polar surface area (TPSA) is 29.1 Å². The molecule has 1 rings (SSSR count). The average Bonchev–Trinajstić information content (AvgIpc) is 2.18. The highest BCUT2D eigenvalue weighted by Crippen LogP contribution is 2.08. The molecule has 0 atom stereocenters. The summed E-state index contributed by atoms with van der Waals surface area (Å²) in [5.74, 6) is 7.04. The minimum Gasteiger partial charge on any atom is -0.326 e. The van der Waals surface area contributed by atoms with Crippen molar-refractivity contribution in [2.75, 3.05) is 5.32 Å². The summed E-state index contributed by atoms with van der Waals surface area (Å²) in [4.78, 5) is 10.6. The van der Waals surface area contributed by atoms with Crippen molar-refractivity contribution < 1.29 is 4.79 Å². The van der Waals surface area contributed by atoms with E-state index in [1.807, 2.05) is 31.2 Å². The molecule has 0 saturated heterocycles. The Hall–Kier alpha value is -2.19. The minimum atomic E-state index is -0.0319. The second kappa shape index (κ2) is 8.15. The number of aryl methyl sites for hydroxylation is 1. The van der Waals surface area contributed by atoms with Crippen LogP contribution in [0.3, 0.4) is 0 Å². The number of rotatable bonds is 1. The first kappa shape index (κ1) is 13.8. The summed E-state index contributed by atoms with van der Waals surface area (Å²) in [6.07, 6.45) is 4.72. The summed E-state index contributed by atoms with van der Waals surface area (Å²) in [5, 5.41) is 2.71. The van der Waals surface area contributed by atoms with Crippen LogP contribution in [0.5, 0.6) is 0 Å². The monoisotopic (exact) mass is 213 g/mol. The third kappa shape index (κ3) is 7.24. The highest BCUT2D eigenvalue weighted by atomic mass is 16.1. The molecule has 82 valence electrons. The zero-order valence-electron chi connectivity index (χ0n) is 9.79. The van der Waals surface area contributed by atoms with Crippen LogP contribution in [-0.2, 0) is 4.79 Å². The van der Waals surface area contributed by atoms with Gasteiger partial charge in [-0.1, -0.05) is 18.1 Å². The number of benzene rings is 1. The van der Waals surface area contributed by atoms with Crippen LogP contribution in [0.25, 0.3) is 0 Å². The Kier molecular flexibility index (Phi) is 7.03. The first-order chi connectivity index (χ1) is 7.60. The fraction of sp³-hybridized carbons (Fsp3) is 0.214. The smallest absolute Gasteiger partial charge is 0.221 e. The fourth-order valence-electron chi connectivity index (χ4n) is 0.998. The van der Waals surface area contributed by atoms with E-state index in [1.54, 1.807) is 6.92 Å². The number of terminal acetylenes is 1. The highest BCUT2D eigenvalue weighted by Gasteiger charge is 1.93. The van der Waals surface area contributed by atoms with Crippen molar-refractivity contribution in [1.29, 1.82) is 0 Å². The summed E-state index contributed by atoms with van der Waals surface area (Å²) in [6.45, 7) is 5.20. The van der Waals surface area contributed by atoms with Gasteiger partial charge >= 0.3 is 0 Å². The Morgan fingerprint density at radius 1 is 1.44 bits per heavy atom. The lowest BCUT2D eigenvalue weighted by atomic mass is 10.2. The molecule has 1 aromatic rings. The molecule has 0 spiro atoms. The molecule has 2 heteroatoms. The van der Waals surface area contributed by atoms with Crippen molar-refractivity contribution >= 4 is 11.6 Å². The van der Waals surface area contributed by atoms with E-state index in [9.17, 15) is 4.79 Å². The van der Waals surface area contributed by atoms with Gasteiger partial charge in [0.1, 0.15) is 0 Å². The molecule has 0 heterocycles. The molecule has 0 fully saturated rings. The third-order valence-electron chi connectivity index (χ3n) is 1.54. The molecule has 0 saturated carbocycles. The molecule has 0 aliphatic rings. The van der Waals surface area contributed by atoms with Gasteiger partial charge in [0, 0.05) is 12.6 Å². The number of hydrogen-bond donors (Lipinski definition) is 1. The molecular weight excluding hydrogens is 198 g/mol. The van der Waals surface area contributed by atoms with E-state index in [1.165, 1.54) is 6.92 Å². The fourth-order valence-corrected chi connectivity index (χ4v) is 0.998. The summed E-state index contributed by atoms with van der Waals surface area (Å²) in [6, 6.07) is 7.71. The SMILES string of the molecule is C#CC#CC.CC(=O)Nc1cccc(C)c1. The van der Waals surface area contributed by atoms with Crippen molar-refractivity contribution in [3.63, 3.8) is 0 Å². The van der Waals surface area contributed by atoms with Crippen LogP contribution >= 0.6 is 0 Å². The molecule has 0 bridgehead atoms. The van der Waals surface area contributed by atoms with E-state index in [2.05, 4.69) is 23.1 Å². The van der Waals surface area contributed by atoms with Crippen molar-refractivity contribution in [2.24, 2.45) is 0 Å². The molecular formula is C14H15NO. The number of carbonyl (C=O) groups is 1. The molecule has 0 aliphatic heterocycles. The van der Waals surface area contributed by atoms with Crippen molar-refractivity contribution in [1.82, 2.24) is 0 Å². The zero-order chi connectivity index (χ0) is 12.4. The number of nitrogens with one attached hydrogen (secondary N) is 1. The summed E-state index contributed by atoms with van der Waals surface area (Å²) < 4.78 is 0. The van der Waals surface area contributed by atoms with Crippen LogP contribution in [0, 0.1) is 31.1 Å². The van der Waals surface area contributed by atoms with Gasteiger partial charge in [-0.2, -0.15) is 0 Å². The Labute approximate surface area is 97.1 Å². The van der Waals surface area contributed by atoms with Crippen LogP contribution in [0.2, 0.25) is 0 Å². The van der Waals surface area contributed by atoms with Gasteiger partial charge in [-0.3, -0.25) is 4.79 Å². The van der Waals surface area contributed by atoms with E-state index in [4.69, 9.17) is 6.42 Å². The Morgan fingerprint density at radius 2 is 2.12 bits per heavy atom. The normalized spacial score (nSPS) is 7.38. The quantitative estimate of drug-likeness (QED) is 0.714. The van der Waals surface area contributed by atoms with E-state index in [-0.39, 0.29) is 5.91 Å². The standard InChI is InChI=1S/C9H11NO.C5H4/c1-7-4-3-5-9(6-7)10-8(2)11;1-3-5-4-2/h3-6H,1-2H3,(H,10,11);1H,2H3. The van der Waals surface area contributed by atoms with Gasteiger partial charge in [0.2, 0.25) is 5.91 Å². The molecule has 0 aliphatic carbocycles. The van der Waals surface area contributed by atoms with Gasteiger partial charge in [-0.05, 0) is 43.4 Å². The van der Waals surface area contributed by atoms with Gasteiger partial charge in [0.05, 0.1) is 0 Å². The summed E-state index contributed by atoms with van der Waals surface area (Å²) >= 11 is 0. The molecule has 1 aromatic carbocycles. The molecule has 16 heavy (non-hydrogen) atoms. The summed E-state index contributed by atoms with van der Waals surface area (Å²) in [7, 11) is 0. The van der Waals surface area contributed by atoms with Crippen LogP contribution in [0.4, 0.5) is 5.69 Å². The molecule has 1 amide bonds. The van der Waals surface area contributed by atoms with Crippen molar-refractivity contribution in [3.8, 4) is 24.2 Å². The van der Waals surface area contributed by atoms with Crippen LogP contribution in [-0.4, -0.2) is 5.91 Å². The molecule has 0 unspecified atom stereocenters. The highest BCUT2D eigenvalue weighted by molar-refractivity contribution is 5.88. The largest absolute Gasteiger partial charge is 0.326 e. The third-order valence-corrected chi connectivity index (χ3v) is 1.54. The summed E-state index contributed by atoms with van der Waals surface area (Å²) in [5.41, 5.74) is 2.01. The maximum atomic E-state index is 10.6. The number of hydrogen-bond acceptors (Lipinski definition) is 1. The first-order valence-electron chi connectivity index (χ1n) is 4.81. The van der Waals surface area contributed by atoms with Gasteiger partial charge in [-0.15, -0.1) is 6.42 Å². The van der Waals surface area contributed by atoms with Crippen molar-refractivity contribution in [3.05, 3.63) is 29.8 Å². The van der Waals surface area contributed by atoms with Crippen LogP contribution in [0.15, 0.2) is 24.3 Å². The molecule has 1 N–H and O–H groups in total. The molecule has 0 radical (unpaired) electrons. The van der Waals surface area contributed by atoms with Gasteiger partial charge in [0.25, 0.3) is 0 Å². The predicted octanol–water partition coefficient (Wildman–Crippen LogP) is 2.60. The Morgan fingerprint density at radius 3 is 2.50 bits per heavy atom. The maximum Gasteiger partial charge on any atom is 0.221 e. The maximum absolute atomic E-state index is 10.6. The second-order valence-corrected chi connectivity index (χ2v) is 3.07. The van der Waals surface area contributed by atoms with Crippen LogP contribution in [0.1, 0.15) is 19.4 Å². The Bertz CT molecular complexity index is 444. The lowest BCUT2D eigenvalue weighted by Gasteiger charge is -2.01. The van der Waals surface area contributed by atoms with Gasteiger partial charge in [0.15, 0.2) is 0 Å². The lowest BCUT2D eigenvalue weighted by Crippen LogP contribution is -2.05. The first-order valence-corrected chi connectivity index (χ1v) is 4.81. The van der Waals surface area contributed by atoms with E-state index >= 15 is 0 Å². The van der Waals surface area contributed by atoms with Crippen LogP contribution < -0.4 is 5.32 Å². The molecule has 0 aromatic heterocycles. The van der Waals surface area contributed by atoms with E-state index in [0.29, 0.717) is 0 Å². The Balaban J connectivity index is 0.000000385. The number of anilines is 1.